The van der Waals surface area contributed by atoms with Gasteiger partial charge in [-0.3, -0.25) is 0 Å². The Labute approximate surface area is 95.0 Å². The van der Waals surface area contributed by atoms with Crippen molar-refractivity contribution in [2.45, 2.75) is 65.0 Å². The SMILES string of the molecule is CC(C)CCC(C)NC1CCCC1CN. The van der Waals surface area contributed by atoms with E-state index >= 15 is 0 Å². The maximum absolute atomic E-state index is 5.78. The molecule has 1 fully saturated rings. The first-order valence-electron chi connectivity index (χ1n) is 6.59. The molecule has 0 aromatic rings. The van der Waals surface area contributed by atoms with Gasteiger partial charge in [0, 0.05) is 12.1 Å². The Morgan fingerprint density at radius 2 is 1.93 bits per heavy atom. The van der Waals surface area contributed by atoms with Gasteiger partial charge in [-0.1, -0.05) is 20.3 Å². The normalized spacial score (nSPS) is 28.6. The van der Waals surface area contributed by atoms with Crippen LogP contribution in [-0.4, -0.2) is 18.6 Å². The summed E-state index contributed by atoms with van der Waals surface area (Å²) in [4.78, 5) is 0. The van der Waals surface area contributed by atoms with Crippen molar-refractivity contribution in [3.05, 3.63) is 0 Å². The maximum atomic E-state index is 5.78. The third-order valence-electron chi connectivity index (χ3n) is 3.64. The highest BCUT2D eigenvalue weighted by atomic mass is 15.0. The summed E-state index contributed by atoms with van der Waals surface area (Å²) in [5.41, 5.74) is 5.78. The summed E-state index contributed by atoms with van der Waals surface area (Å²) in [6.45, 7) is 7.76. The quantitative estimate of drug-likeness (QED) is 0.710. The molecule has 3 atom stereocenters. The Morgan fingerprint density at radius 1 is 1.20 bits per heavy atom. The van der Waals surface area contributed by atoms with E-state index in [9.17, 15) is 0 Å². The lowest BCUT2D eigenvalue weighted by Gasteiger charge is -2.24. The van der Waals surface area contributed by atoms with Crippen LogP contribution in [0.25, 0.3) is 0 Å². The molecular weight excluding hydrogens is 184 g/mol. The fourth-order valence-corrected chi connectivity index (χ4v) is 2.57. The third kappa shape index (κ3) is 4.52. The zero-order valence-electron chi connectivity index (χ0n) is 10.6. The van der Waals surface area contributed by atoms with Gasteiger partial charge < -0.3 is 11.1 Å². The monoisotopic (exact) mass is 212 g/mol. The maximum Gasteiger partial charge on any atom is 0.0110 e. The standard InChI is InChI=1S/C13H28N2/c1-10(2)7-8-11(3)15-13-6-4-5-12(13)9-14/h10-13,15H,4-9,14H2,1-3H3. The van der Waals surface area contributed by atoms with Gasteiger partial charge in [0.1, 0.15) is 0 Å². The van der Waals surface area contributed by atoms with E-state index in [4.69, 9.17) is 5.73 Å². The minimum absolute atomic E-state index is 0.657. The van der Waals surface area contributed by atoms with Crippen LogP contribution in [0.1, 0.15) is 52.9 Å². The molecule has 1 saturated carbocycles. The topological polar surface area (TPSA) is 38.0 Å². The van der Waals surface area contributed by atoms with Gasteiger partial charge in [-0.15, -0.1) is 0 Å². The lowest BCUT2D eigenvalue weighted by molar-refractivity contribution is 0.347. The van der Waals surface area contributed by atoms with E-state index in [-0.39, 0.29) is 0 Å². The van der Waals surface area contributed by atoms with Gasteiger partial charge in [-0.25, -0.2) is 0 Å². The molecule has 0 bridgehead atoms. The highest BCUT2D eigenvalue weighted by molar-refractivity contribution is 4.85. The van der Waals surface area contributed by atoms with Gasteiger partial charge in [0.05, 0.1) is 0 Å². The summed E-state index contributed by atoms with van der Waals surface area (Å²) in [6.07, 6.45) is 6.63. The second-order valence-electron chi connectivity index (χ2n) is 5.57. The predicted octanol–water partition coefficient (Wildman–Crippen LogP) is 2.53. The van der Waals surface area contributed by atoms with Crippen LogP contribution in [0, 0.1) is 11.8 Å². The molecule has 0 radical (unpaired) electrons. The molecule has 0 aliphatic heterocycles. The van der Waals surface area contributed by atoms with Crippen molar-refractivity contribution < 1.29 is 0 Å². The molecule has 0 saturated heterocycles. The van der Waals surface area contributed by atoms with E-state index in [0.29, 0.717) is 12.1 Å². The largest absolute Gasteiger partial charge is 0.330 e. The molecule has 3 unspecified atom stereocenters. The summed E-state index contributed by atoms with van der Waals surface area (Å²) in [5, 5.41) is 3.76. The second-order valence-corrected chi connectivity index (χ2v) is 5.57. The van der Waals surface area contributed by atoms with Crippen LogP contribution >= 0.6 is 0 Å². The summed E-state index contributed by atoms with van der Waals surface area (Å²) in [6, 6.07) is 1.35. The molecule has 90 valence electrons. The molecule has 0 heterocycles. The van der Waals surface area contributed by atoms with Gasteiger partial charge in [0.2, 0.25) is 0 Å². The fourth-order valence-electron chi connectivity index (χ4n) is 2.57. The van der Waals surface area contributed by atoms with Crippen LogP contribution in [0.15, 0.2) is 0 Å². The molecule has 0 aromatic carbocycles. The second kappa shape index (κ2) is 6.49. The first-order chi connectivity index (χ1) is 7.13. The molecule has 0 aromatic heterocycles. The number of hydrogen-bond donors (Lipinski definition) is 2. The molecule has 2 heteroatoms. The predicted molar refractivity (Wildman–Crippen MR) is 66.9 cm³/mol. The van der Waals surface area contributed by atoms with Crippen LogP contribution in [0.3, 0.4) is 0 Å². The van der Waals surface area contributed by atoms with Crippen molar-refractivity contribution in [2.24, 2.45) is 17.6 Å². The van der Waals surface area contributed by atoms with E-state index in [1.165, 1.54) is 32.1 Å². The van der Waals surface area contributed by atoms with Crippen molar-refractivity contribution in [3.63, 3.8) is 0 Å². The number of nitrogens with two attached hydrogens (primary N) is 1. The van der Waals surface area contributed by atoms with Crippen molar-refractivity contribution in [1.29, 1.82) is 0 Å². The van der Waals surface area contributed by atoms with Crippen LogP contribution in [0.5, 0.6) is 0 Å². The van der Waals surface area contributed by atoms with Crippen LogP contribution in [0.4, 0.5) is 0 Å². The minimum Gasteiger partial charge on any atom is -0.330 e. The molecule has 0 spiro atoms. The van der Waals surface area contributed by atoms with Gasteiger partial charge >= 0.3 is 0 Å². The molecule has 15 heavy (non-hydrogen) atoms. The first-order valence-corrected chi connectivity index (χ1v) is 6.59. The van der Waals surface area contributed by atoms with Crippen molar-refractivity contribution >= 4 is 0 Å². The van der Waals surface area contributed by atoms with E-state index < -0.39 is 0 Å². The van der Waals surface area contributed by atoms with Gasteiger partial charge in [-0.05, 0) is 51.0 Å². The number of rotatable bonds is 6. The Hall–Kier alpha value is -0.0800. The van der Waals surface area contributed by atoms with Crippen LogP contribution < -0.4 is 11.1 Å². The highest BCUT2D eigenvalue weighted by Crippen LogP contribution is 2.25. The Bertz CT molecular complexity index is 168. The lowest BCUT2D eigenvalue weighted by Crippen LogP contribution is -2.41. The summed E-state index contributed by atoms with van der Waals surface area (Å²) < 4.78 is 0. The minimum atomic E-state index is 0.657. The van der Waals surface area contributed by atoms with E-state index in [2.05, 4.69) is 26.1 Å². The van der Waals surface area contributed by atoms with Gasteiger partial charge in [0.15, 0.2) is 0 Å². The smallest absolute Gasteiger partial charge is 0.0110 e. The molecule has 3 N–H and O–H groups in total. The van der Waals surface area contributed by atoms with Crippen LogP contribution in [0.2, 0.25) is 0 Å². The number of nitrogens with one attached hydrogen (secondary N) is 1. The first kappa shape index (κ1) is 13.0. The van der Waals surface area contributed by atoms with Gasteiger partial charge in [-0.2, -0.15) is 0 Å². The molecule has 1 aliphatic carbocycles. The summed E-state index contributed by atoms with van der Waals surface area (Å²) in [5.74, 6) is 1.55. The molecule has 0 amide bonds. The lowest BCUT2D eigenvalue weighted by atomic mass is 10.0. The molecular formula is C13H28N2. The average molecular weight is 212 g/mol. The Kier molecular flexibility index (Phi) is 5.62. The fraction of sp³-hybridized carbons (Fsp3) is 1.00. The van der Waals surface area contributed by atoms with E-state index in [1.54, 1.807) is 0 Å². The van der Waals surface area contributed by atoms with Crippen molar-refractivity contribution in [3.8, 4) is 0 Å². The van der Waals surface area contributed by atoms with Crippen molar-refractivity contribution in [1.82, 2.24) is 5.32 Å². The van der Waals surface area contributed by atoms with E-state index in [0.717, 1.165) is 18.4 Å². The highest BCUT2D eigenvalue weighted by Gasteiger charge is 2.26. The third-order valence-corrected chi connectivity index (χ3v) is 3.64. The average Bonchev–Trinajstić information content (AvgIpc) is 2.62. The van der Waals surface area contributed by atoms with Gasteiger partial charge in [0.25, 0.3) is 0 Å². The Morgan fingerprint density at radius 3 is 2.53 bits per heavy atom. The molecule has 1 rings (SSSR count). The van der Waals surface area contributed by atoms with Crippen LogP contribution in [-0.2, 0) is 0 Å². The number of hydrogen-bond acceptors (Lipinski definition) is 2. The molecule has 1 aliphatic rings. The molecule has 2 nitrogen and oxygen atoms in total. The van der Waals surface area contributed by atoms with E-state index in [1.807, 2.05) is 0 Å². The van der Waals surface area contributed by atoms with Crippen molar-refractivity contribution in [2.75, 3.05) is 6.54 Å². The zero-order valence-corrected chi connectivity index (χ0v) is 10.6. The summed E-state index contributed by atoms with van der Waals surface area (Å²) in [7, 11) is 0. The zero-order chi connectivity index (χ0) is 11.3. The Balaban J connectivity index is 2.21. The summed E-state index contributed by atoms with van der Waals surface area (Å²) >= 11 is 0.